The molecule has 0 aliphatic carbocycles. The zero-order valence-electron chi connectivity index (χ0n) is 9.67. The van der Waals surface area contributed by atoms with Crippen molar-refractivity contribution >= 4 is 39.4 Å². The predicted octanol–water partition coefficient (Wildman–Crippen LogP) is 3.39. The van der Waals surface area contributed by atoms with Crippen molar-refractivity contribution in [2.24, 2.45) is 5.73 Å². The van der Waals surface area contributed by atoms with Gasteiger partial charge in [-0.1, -0.05) is 30.4 Å². The van der Waals surface area contributed by atoms with Gasteiger partial charge in [-0.15, -0.1) is 11.3 Å². The number of thiophene rings is 1. The van der Waals surface area contributed by atoms with Crippen molar-refractivity contribution in [1.29, 1.82) is 0 Å². The van der Waals surface area contributed by atoms with Gasteiger partial charge in [-0.2, -0.15) is 0 Å². The summed E-state index contributed by atoms with van der Waals surface area (Å²) >= 11 is 6.80. The first kappa shape index (κ1) is 11.4. The summed E-state index contributed by atoms with van der Waals surface area (Å²) in [6.07, 6.45) is 2.10. The smallest absolute Gasteiger partial charge is 0.104 e. The van der Waals surface area contributed by atoms with Crippen LogP contribution in [0.1, 0.15) is 10.4 Å². The third-order valence-corrected chi connectivity index (χ3v) is 4.06. The van der Waals surface area contributed by atoms with Crippen LogP contribution in [-0.4, -0.2) is 9.56 Å². The second-order valence-electron chi connectivity index (χ2n) is 4.16. The Morgan fingerprint density at radius 2 is 2.17 bits per heavy atom. The van der Waals surface area contributed by atoms with E-state index in [1.165, 1.54) is 15.8 Å². The molecule has 2 heterocycles. The fraction of sp³-hybridized carbons (Fsp3) is 0.0714. The van der Waals surface area contributed by atoms with Crippen LogP contribution in [0.4, 0.5) is 0 Å². The van der Waals surface area contributed by atoms with Crippen LogP contribution in [0.15, 0.2) is 48.0 Å². The summed E-state index contributed by atoms with van der Waals surface area (Å²) in [5.41, 5.74) is 7.78. The molecule has 4 heteroatoms. The van der Waals surface area contributed by atoms with Crippen molar-refractivity contribution in [3.63, 3.8) is 0 Å². The van der Waals surface area contributed by atoms with Gasteiger partial charge in [0.2, 0.25) is 0 Å². The Hall–Kier alpha value is -1.65. The van der Waals surface area contributed by atoms with Crippen molar-refractivity contribution in [3.8, 4) is 0 Å². The molecule has 2 aromatic heterocycles. The normalized spacial score (nSPS) is 10.9. The van der Waals surface area contributed by atoms with Crippen LogP contribution in [-0.2, 0) is 6.54 Å². The highest BCUT2D eigenvalue weighted by atomic mass is 32.1. The lowest BCUT2D eigenvalue weighted by Gasteiger charge is -2.05. The van der Waals surface area contributed by atoms with Gasteiger partial charge >= 0.3 is 0 Å². The maximum absolute atomic E-state index is 5.68. The Morgan fingerprint density at radius 1 is 1.28 bits per heavy atom. The molecule has 1 aromatic carbocycles. The van der Waals surface area contributed by atoms with Gasteiger partial charge in [-0.3, -0.25) is 0 Å². The van der Waals surface area contributed by atoms with E-state index < -0.39 is 0 Å². The van der Waals surface area contributed by atoms with Gasteiger partial charge in [-0.25, -0.2) is 0 Å². The van der Waals surface area contributed by atoms with E-state index in [2.05, 4.69) is 46.5 Å². The van der Waals surface area contributed by atoms with E-state index in [9.17, 15) is 0 Å². The van der Waals surface area contributed by atoms with Crippen LogP contribution in [0.25, 0.3) is 10.9 Å². The summed E-state index contributed by atoms with van der Waals surface area (Å²) in [6, 6.07) is 12.4. The highest BCUT2D eigenvalue weighted by Crippen LogP contribution is 2.20. The summed E-state index contributed by atoms with van der Waals surface area (Å²) < 4.78 is 2.23. The number of hydrogen-bond acceptors (Lipinski definition) is 2. The van der Waals surface area contributed by atoms with E-state index in [0.29, 0.717) is 4.99 Å². The van der Waals surface area contributed by atoms with Crippen molar-refractivity contribution < 1.29 is 0 Å². The topological polar surface area (TPSA) is 30.9 Å². The molecular formula is C14H12N2S2. The van der Waals surface area contributed by atoms with Gasteiger partial charge in [-0.05, 0) is 29.0 Å². The fourth-order valence-electron chi connectivity index (χ4n) is 2.05. The van der Waals surface area contributed by atoms with E-state index in [1.807, 2.05) is 6.07 Å². The fourth-order valence-corrected chi connectivity index (χ4v) is 2.88. The second-order valence-corrected chi connectivity index (χ2v) is 5.63. The summed E-state index contributed by atoms with van der Waals surface area (Å²) in [6.45, 7) is 0.891. The first-order valence-corrected chi connectivity index (χ1v) is 6.94. The monoisotopic (exact) mass is 272 g/mol. The van der Waals surface area contributed by atoms with Gasteiger partial charge in [0.25, 0.3) is 0 Å². The van der Waals surface area contributed by atoms with Crippen LogP contribution in [0, 0.1) is 0 Å². The van der Waals surface area contributed by atoms with Crippen LogP contribution in [0.2, 0.25) is 0 Å². The molecule has 2 N–H and O–H groups in total. The summed E-state index contributed by atoms with van der Waals surface area (Å²) in [5, 5.41) is 3.31. The maximum Gasteiger partial charge on any atom is 0.104 e. The van der Waals surface area contributed by atoms with Crippen LogP contribution in [0.3, 0.4) is 0 Å². The maximum atomic E-state index is 5.68. The van der Waals surface area contributed by atoms with E-state index in [-0.39, 0.29) is 0 Å². The number of nitrogens with two attached hydrogens (primary N) is 1. The third kappa shape index (κ3) is 2.05. The highest BCUT2D eigenvalue weighted by Gasteiger charge is 2.05. The molecule has 0 saturated heterocycles. The number of nitrogens with zero attached hydrogens (tertiary/aromatic N) is 1. The zero-order chi connectivity index (χ0) is 12.5. The SMILES string of the molecule is NC(=S)c1ccc2ccn(Cc3cccs3)c2c1. The molecule has 0 unspecified atom stereocenters. The highest BCUT2D eigenvalue weighted by molar-refractivity contribution is 7.80. The Kier molecular flexibility index (Phi) is 2.89. The van der Waals surface area contributed by atoms with Crippen LogP contribution < -0.4 is 5.73 Å². The number of rotatable bonds is 3. The molecule has 3 rings (SSSR count). The largest absolute Gasteiger partial charge is 0.389 e. The lowest BCUT2D eigenvalue weighted by molar-refractivity contribution is 0.851. The summed E-state index contributed by atoms with van der Waals surface area (Å²) in [4.78, 5) is 1.79. The van der Waals surface area contributed by atoms with Crippen molar-refractivity contribution in [1.82, 2.24) is 4.57 Å². The molecule has 0 atom stereocenters. The molecule has 0 bridgehead atoms. The Labute approximate surface area is 115 Å². The molecule has 0 saturated carbocycles. The minimum absolute atomic E-state index is 0.445. The number of benzene rings is 1. The van der Waals surface area contributed by atoms with Gasteiger partial charge < -0.3 is 10.3 Å². The molecule has 0 aliphatic rings. The molecule has 0 spiro atoms. The average Bonchev–Trinajstić information content (AvgIpc) is 2.99. The number of aromatic nitrogens is 1. The Bertz CT molecular complexity index is 696. The van der Waals surface area contributed by atoms with Gasteiger partial charge in [0.1, 0.15) is 4.99 Å². The van der Waals surface area contributed by atoms with Crippen LogP contribution in [0.5, 0.6) is 0 Å². The first-order valence-electron chi connectivity index (χ1n) is 5.65. The number of hydrogen-bond donors (Lipinski definition) is 1. The minimum atomic E-state index is 0.445. The van der Waals surface area contributed by atoms with E-state index in [1.54, 1.807) is 11.3 Å². The molecule has 0 amide bonds. The van der Waals surface area contributed by atoms with Crippen LogP contribution >= 0.6 is 23.6 Å². The first-order chi connectivity index (χ1) is 8.74. The van der Waals surface area contributed by atoms with E-state index in [4.69, 9.17) is 18.0 Å². The predicted molar refractivity (Wildman–Crippen MR) is 81.2 cm³/mol. The molecule has 3 aromatic rings. The molecule has 0 aliphatic heterocycles. The lowest BCUT2D eigenvalue weighted by atomic mass is 10.1. The molecular weight excluding hydrogens is 260 g/mol. The molecule has 2 nitrogen and oxygen atoms in total. The third-order valence-electron chi connectivity index (χ3n) is 2.96. The molecule has 0 radical (unpaired) electrons. The lowest BCUT2D eigenvalue weighted by Crippen LogP contribution is -2.09. The van der Waals surface area contributed by atoms with E-state index in [0.717, 1.165) is 12.1 Å². The Balaban J connectivity index is 2.06. The second kappa shape index (κ2) is 4.55. The molecule has 90 valence electrons. The van der Waals surface area contributed by atoms with Crippen molar-refractivity contribution in [3.05, 3.63) is 58.4 Å². The van der Waals surface area contributed by atoms with Crippen molar-refractivity contribution in [2.45, 2.75) is 6.54 Å². The van der Waals surface area contributed by atoms with Gasteiger partial charge in [0, 0.05) is 22.2 Å². The quantitative estimate of drug-likeness (QED) is 0.741. The van der Waals surface area contributed by atoms with Crippen molar-refractivity contribution in [2.75, 3.05) is 0 Å². The van der Waals surface area contributed by atoms with E-state index >= 15 is 0 Å². The minimum Gasteiger partial charge on any atom is -0.389 e. The number of fused-ring (bicyclic) bond motifs is 1. The average molecular weight is 272 g/mol. The van der Waals surface area contributed by atoms with Gasteiger partial charge in [0.05, 0.1) is 6.54 Å². The summed E-state index contributed by atoms with van der Waals surface area (Å²) in [5.74, 6) is 0. The standard InChI is InChI=1S/C14H12N2S2/c15-14(17)11-4-3-10-5-6-16(13(10)8-11)9-12-2-1-7-18-12/h1-8H,9H2,(H2,15,17). The molecule has 18 heavy (non-hydrogen) atoms. The number of thiocarbonyl (C=S) groups is 1. The zero-order valence-corrected chi connectivity index (χ0v) is 11.3. The summed E-state index contributed by atoms with van der Waals surface area (Å²) in [7, 11) is 0. The van der Waals surface area contributed by atoms with Gasteiger partial charge in [0.15, 0.2) is 0 Å². The Morgan fingerprint density at radius 3 is 2.89 bits per heavy atom. The molecule has 0 fully saturated rings.